The highest BCUT2D eigenvalue weighted by Crippen LogP contribution is 2.28. The molecule has 0 aliphatic carbocycles. The molecule has 0 fully saturated rings. The second kappa shape index (κ2) is 12.3. The summed E-state index contributed by atoms with van der Waals surface area (Å²) in [5, 5.41) is 4.04. The number of rotatable bonds is 11. The third kappa shape index (κ3) is 6.26. The SMILES string of the molecule is COc1ccc(CCn2c(SCC(=O)NCCc3ccccc3)nc3ccccc3c2=O)cc1OC. The minimum Gasteiger partial charge on any atom is -0.493 e. The zero-order valence-corrected chi connectivity index (χ0v) is 21.2. The molecule has 8 heteroatoms. The molecule has 1 amide bonds. The number of aryl methyl sites for hydroxylation is 1. The van der Waals surface area contributed by atoms with Gasteiger partial charge in [0, 0.05) is 13.1 Å². The van der Waals surface area contributed by atoms with Crippen LogP contribution in [-0.4, -0.2) is 42.0 Å². The summed E-state index contributed by atoms with van der Waals surface area (Å²) in [5.74, 6) is 1.38. The number of nitrogens with zero attached hydrogens (tertiary/aromatic N) is 2. The van der Waals surface area contributed by atoms with Gasteiger partial charge in [-0.1, -0.05) is 60.3 Å². The van der Waals surface area contributed by atoms with Crippen LogP contribution in [0.5, 0.6) is 11.5 Å². The Balaban J connectivity index is 1.48. The van der Waals surface area contributed by atoms with Crippen LogP contribution >= 0.6 is 11.8 Å². The van der Waals surface area contributed by atoms with Crippen molar-refractivity contribution in [1.29, 1.82) is 0 Å². The van der Waals surface area contributed by atoms with Crippen molar-refractivity contribution in [2.45, 2.75) is 24.5 Å². The first-order chi connectivity index (χ1) is 17.6. The van der Waals surface area contributed by atoms with Crippen molar-refractivity contribution in [1.82, 2.24) is 14.9 Å². The molecule has 1 N–H and O–H groups in total. The van der Waals surface area contributed by atoms with E-state index >= 15 is 0 Å². The molecule has 0 aliphatic heterocycles. The number of nitrogens with one attached hydrogen (secondary N) is 1. The topological polar surface area (TPSA) is 82.5 Å². The van der Waals surface area contributed by atoms with Crippen LogP contribution in [-0.2, 0) is 24.2 Å². The molecule has 0 saturated carbocycles. The summed E-state index contributed by atoms with van der Waals surface area (Å²) in [7, 11) is 3.19. The standard InChI is InChI=1S/C28H29N3O4S/c1-34-24-13-12-21(18-25(24)35-2)15-17-31-27(33)22-10-6-7-11-23(22)30-28(31)36-19-26(32)29-16-14-20-8-4-3-5-9-20/h3-13,18H,14-17,19H2,1-2H3,(H,29,32). The number of carbonyl (C=O) groups excluding carboxylic acids is 1. The van der Waals surface area contributed by atoms with Gasteiger partial charge in [0.1, 0.15) is 0 Å². The Morgan fingerprint density at radius 3 is 2.44 bits per heavy atom. The molecule has 0 saturated heterocycles. The Bertz CT molecular complexity index is 1390. The fourth-order valence-electron chi connectivity index (χ4n) is 3.90. The number of carbonyl (C=O) groups is 1. The summed E-state index contributed by atoms with van der Waals surface area (Å²) in [6.07, 6.45) is 1.36. The second-order valence-corrected chi connectivity index (χ2v) is 9.12. The van der Waals surface area contributed by atoms with E-state index in [1.807, 2.05) is 66.7 Å². The second-order valence-electron chi connectivity index (χ2n) is 8.18. The lowest BCUT2D eigenvalue weighted by molar-refractivity contribution is -0.118. The predicted octanol–water partition coefficient (Wildman–Crippen LogP) is 4.11. The minimum atomic E-state index is -0.118. The first kappa shape index (κ1) is 25.3. The fraction of sp³-hybridized carbons (Fsp3) is 0.250. The van der Waals surface area contributed by atoms with E-state index in [-0.39, 0.29) is 17.2 Å². The number of thioether (sulfide) groups is 1. The summed E-state index contributed by atoms with van der Waals surface area (Å²) >= 11 is 1.27. The lowest BCUT2D eigenvalue weighted by Gasteiger charge is -2.14. The molecule has 36 heavy (non-hydrogen) atoms. The number of aromatic nitrogens is 2. The molecule has 0 unspecified atom stereocenters. The number of hydrogen-bond acceptors (Lipinski definition) is 6. The Morgan fingerprint density at radius 1 is 0.917 bits per heavy atom. The molecule has 1 heterocycles. The quantitative estimate of drug-likeness (QED) is 0.245. The zero-order chi connectivity index (χ0) is 25.3. The van der Waals surface area contributed by atoms with E-state index < -0.39 is 0 Å². The van der Waals surface area contributed by atoms with Crippen LogP contribution in [0.3, 0.4) is 0 Å². The largest absolute Gasteiger partial charge is 0.493 e. The van der Waals surface area contributed by atoms with Crippen LogP contribution in [0.4, 0.5) is 0 Å². The molecule has 1 aromatic heterocycles. The maximum absolute atomic E-state index is 13.3. The van der Waals surface area contributed by atoms with Crippen molar-refractivity contribution in [2.24, 2.45) is 0 Å². The molecular formula is C28H29N3O4S. The molecule has 0 radical (unpaired) electrons. The van der Waals surface area contributed by atoms with Crippen molar-refractivity contribution in [3.05, 3.63) is 94.3 Å². The van der Waals surface area contributed by atoms with Gasteiger partial charge in [-0.05, 0) is 48.2 Å². The maximum Gasteiger partial charge on any atom is 0.262 e. The zero-order valence-electron chi connectivity index (χ0n) is 20.4. The van der Waals surface area contributed by atoms with Crippen LogP contribution in [0, 0.1) is 0 Å². The lowest BCUT2D eigenvalue weighted by atomic mass is 10.1. The molecule has 7 nitrogen and oxygen atoms in total. The van der Waals surface area contributed by atoms with Gasteiger partial charge in [-0.3, -0.25) is 14.2 Å². The Labute approximate surface area is 214 Å². The number of fused-ring (bicyclic) bond motifs is 1. The van der Waals surface area contributed by atoms with Gasteiger partial charge in [0.25, 0.3) is 5.56 Å². The van der Waals surface area contributed by atoms with Gasteiger partial charge in [-0.15, -0.1) is 0 Å². The van der Waals surface area contributed by atoms with Gasteiger partial charge >= 0.3 is 0 Å². The van der Waals surface area contributed by atoms with Crippen molar-refractivity contribution in [3.63, 3.8) is 0 Å². The predicted molar refractivity (Wildman–Crippen MR) is 143 cm³/mol. The minimum absolute atomic E-state index is 0.0928. The van der Waals surface area contributed by atoms with Gasteiger partial charge in [-0.2, -0.15) is 0 Å². The van der Waals surface area contributed by atoms with Crippen LogP contribution in [0.15, 0.2) is 82.7 Å². The third-order valence-corrected chi connectivity index (χ3v) is 6.79. The van der Waals surface area contributed by atoms with Gasteiger partial charge in [0.05, 0.1) is 30.9 Å². The van der Waals surface area contributed by atoms with Crippen LogP contribution < -0.4 is 20.3 Å². The Hall–Kier alpha value is -3.78. The number of amides is 1. The monoisotopic (exact) mass is 503 g/mol. The van der Waals surface area contributed by atoms with Crippen molar-refractivity contribution in [3.8, 4) is 11.5 Å². The average molecular weight is 504 g/mol. The highest BCUT2D eigenvalue weighted by molar-refractivity contribution is 7.99. The third-order valence-electron chi connectivity index (χ3n) is 5.81. The highest BCUT2D eigenvalue weighted by atomic mass is 32.2. The van der Waals surface area contributed by atoms with Crippen LogP contribution in [0.1, 0.15) is 11.1 Å². The normalized spacial score (nSPS) is 10.8. The van der Waals surface area contributed by atoms with E-state index in [4.69, 9.17) is 14.5 Å². The molecule has 0 bridgehead atoms. The Morgan fingerprint density at radius 2 is 1.67 bits per heavy atom. The van der Waals surface area contributed by atoms with Crippen LogP contribution in [0.25, 0.3) is 10.9 Å². The Kier molecular flexibility index (Phi) is 8.62. The number of benzene rings is 3. The maximum atomic E-state index is 13.3. The summed E-state index contributed by atoms with van der Waals surface area (Å²) in [6.45, 7) is 0.977. The van der Waals surface area contributed by atoms with E-state index in [2.05, 4.69) is 5.32 Å². The fourth-order valence-corrected chi connectivity index (χ4v) is 4.76. The molecule has 4 rings (SSSR count). The van der Waals surface area contributed by atoms with Crippen molar-refractivity contribution < 1.29 is 14.3 Å². The molecule has 0 spiro atoms. The van der Waals surface area contributed by atoms with Gasteiger partial charge in [0.15, 0.2) is 16.7 Å². The number of methoxy groups -OCH3 is 2. The number of para-hydroxylation sites is 1. The summed E-state index contributed by atoms with van der Waals surface area (Å²) in [4.78, 5) is 30.5. The van der Waals surface area contributed by atoms with Crippen molar-refractivity contribution in [2.75, 3.05) is 26.5 Å². The average Bonchev–Trinajstić information content (AvgIpc) is 2.92. The van der Waals surface area contributed by atoms with E-state index in [1.54, 1.807) is 24.9 Å². The van der Waals surface area contributed by atoms with E-state index in [0.29, 0.717) is 47.1 Å². The van der Waals surface area contributed by atoms with Crippen molar-refractivity contribution >= 4 is 28.6 Å². The van der Waals surface area contributed by atoms with E-state index in [9.17, 15) is 9.59 Å². The van der Waals surface area contributed by atoms with Gasteiger partial charge in [0.2, 0.25) is 5.91 Å². The van der Waals surface area contributed by atoms with Gasteiger partial charge < -0.3 is 14.8 Å². The molecule has 0 aliphatic rings. The van der Waals surface area contributed by atoms with Gasteiger partial charge in [-0.25, -0.2) is 4.98 Å². The molecule has 0 atom stereocenters. The van der Waals surface area contributed by atoms with E-state index in [0.717, 1.165) is 12.0 Å². The lowest BCUT2D eigenvalue weighted by Crippen LogP contribution is -2.28. The first-order valence-corrected chi connectivity index (χ1v) is 12.7. The summed E-state index contributed by atoms with van der Waals surface area (Å²) < 4.78 is 12.4. The van der Waals surface area contributed by atoms with Crippen LogP contribution in [0.2, 0.25) is 0 Å². The first-order valence-electron chi connectivity index (χ1n) is 11.7. The smallest absolute Gasteiger partial charge is 0.262 e. The number of hydrogen-bond donors (Lipinski definition) is 1. The molecule has 4 aromatic rings. The molecular weight excluding hydrogens is 474 g/mol. The highest BCUT2D eigenvalue weighted by Gasteiger charge is 2.14. The number of ether oxygens (including phenoxy) is 2. The molecule has 3 aromatic carbocycles. The molecule has 186 valence electrons. The summed E-state index contributed by atoms with van der Waals surface area (Å²) in [6, 6.07) is 23.0. The summed E-state index contributed by atoms with van der Waals surface area (Å²) in [5.41, 5.74) is 2.68. The van der Waals surface area contributed by atoms with E-state index in [1.165, 1.54) is 17.3 Å².